The van der Waals surface area contributed by atoms with Gasteiger partial charge in [0.2, 0.25) is 0 Å². The van der Waals surface area contributed by atoms with Crippen molar-refractivity contribution in [1.82, 2.24) is 9.59 Å². The Morgan fingerprint density at radius 3 is 2.92 bits per heavy atom. The van der Waals surface area contributed by atoms with Gasteiger partial charge < -0.3 is 0 Å². The summed E-state index contributed by atoms with van der Waals surface area (Å²) in [7, 11) is 0. The van der Waals surface area contributed by atoms with Crippen LogP contribution in [-0.4, -0.2) is 9.59 Å². The molecule has 12 heavy (non-hydrogen) atoms. The van der Waals surface area contributed by atoms with Gasteiger partial charge in [-0.25, -0.2) is 0 Å². The molecular weight excluding hydrogens is 168 g/mol. The third-order valence-corrected chi connectivity index (χ3v) is 2.47. The van der Waals surface area contributed by atoms with E-state index < -0.39 is 0 Å². The second-order valence-electron chi connectivity index (χ2n) is 2.46. The maximum absolute atomic E-state index is 3.94. The lowest BCUT2D eigenvalue weighted by Gasteiger charge is -1.93. The van der Waals surface area contributed by atoms with E-state index in [0.29, 0.717) is 0 Å². The van der Waals surface area contributed by atoms with Gasteiger partial charge in [-0.05, 0) is 24.5 Å². The molecule has 0 bridgehead atoms. The Balaban J connectivity index is 2.51. The molecule has 0 aliphatic rings. The summed E-state index contributed by atoms with van der Waals surface area (Å²) in [5, 5.41) is 3.94. The monoisotopic (exact) mass is 175 g/mol. The van der Waals surface area contributed by atoms with Gasteiger partial charge in [0.05, 0.1) is 10.6 Å². The number of hydrogen-bond acceptors (Lipinski definition) is 3. The fourth-order valence-electron chi connectivity index (χ4n) is 1.01. The van der Waals surface area contributed by atoms with Crippen molar-refractivity contribution in [3.63, 3.8) is 0 Å². The maximum atomic E-state index is 3.94. The van der Waals surface area contributed by atoms with Gasteiger partial charge in [-0.1, -0.05) is 28.8 Å². The zero-order valence-corrected chi connectivity index (χ0v) is 7.43. The molecule has 0 saturated carbocycles. The van der Waals surface area contributed by atoms with Crippen LogP contribution in [0.5, 0.6) is 0 Å². The summed E-state index contributed by atoms with van der Waals surface area (Å²) < 4.78 is 3.87. The first kappa shape index (κ1) is 7.43. The SMILES string of the molecule is Cc1nnsc1-c1[c]cccc1. The van der Waals surface area contributed by atoms with E-state index in [1.165, 1.54) is 11.5 Å². The summed E-state index contributed by atoms with van der Waals surface area (Å²) in [4.78, 5) is 1.11. The van der Waals surface area contributed by atoms with Crippen LogP contribution in [0.4, 0.5) is 0 Å². The number of benzene rings is 1. The third-order valence-electron chi connectivity index (χ3n) is 1.61. The minimum atomic E-state index is 0.974. The van der Waals surface area contributed by atoms with Crippen LogP contribution in [0.3, 0.4) is 0 Å². The van der Waals surface area contributed by atoms with Gasteiger partial charge in [-0.15, -0.1) is 5.10 Å². The van der Waals surface area contributed by atoms with Crippen molar-refractivity contribution < 1.29 is 0 Å². The van der Waals surface area contributed by atoms with Crippen LogP contribution in [0.1, 0.15) is 5.69 Å². The molecule has 0 atom stereocenters. The van der Waals surface area contributed by atoms with Crippen molar-refractivity contribution in [3.05, 3.63) is 36.0 Å². The van der Waals surface area contributed by atoms with E-state index in [1.54, 1.807) is 0 Å². The molecule has 0 unspecified atom stereocenters. The van der Waals surface area contributed by atoms with Crippen molar-refractivity contribution in [2.45, 2.75) is 6.92 Å². The zero-order valence-electron chi connectivity index (χ0n) is 6.61. The second kappa shape index (κ2) is 3.03. The fourth-order valence-corrected chi connectivity index (χ4v) is 1.66. The molecule has 1 aromatic heterocycles. The van der Waals surface area contributed by atoms with Gasteiger partial charge in [0.25, 0.3) is 0 Å². The number of hydrogen-bond donors (Lipinski definition) is 0. The molecule has 1 radical (unpaired) electrons. The van der Waals surface area contributed by atoms with Crippen molar-refractivity contribution in [2.75, 3.05) is 0 Å². The van der Waals surface area contributed by atoms with E-state index in [4.69, 9.17) is 0 Å². The molecular formula is C9H7N2S. The average Bonchev–Trinajstić information content (AvgIpc) is 2.53. The molecule has 0 spiro atoms. The molecule has 0 saturated heterocycles. The lowest BCUT2D eigenvalue weighted by molar-refractivity contribution is 1.09. The molecule has 2 aromatic rings. The molecule has 0 aliphatic carbocycles. The Hall–Kier alpha value is -1.22. The molecule has 1 heterocycles. The third kappa shape index (κ3) is 1.23. The Morgan fingerprint density at radius 2 is 2.33 bits per heavy atom. The number of nitrogens with zero attached hydrogens (tertiary/aromatic N) is 2. The van der Waals surface area contributed by atoms with Crippen molar-refractivity contribution >= 4 is 11.5 Å². The molecule has 2 nitrogen and oxygen atoms in total. The average molecular weight is 175 g/mol. The van der Waals surface area contributed by atoms with Crippen LogP contribution < -0.4 is 0 Å². The highest BCUT2D eigenvalue weighted by atomic mass is 32.1. The molecule has 0 amide bonds. The number of aromatic nitrogens is 2. The first-order chi connectivity index (χ1) is 5.88. The zero-order chi connectivity index (χ0) is 8.39. The highest BCUT2D eigenvalue weighted by Crippen LogP contribution is 2.23. The number of aryl methyl sites for hydroxylation is 1. The van der Waals surface area contributed by atoms with E-state index in [1.807, 2.05) is 31.2 Å². The largest absolute Gasteiger partial charge is 0.143 e. The van der Waals surface area contributed by atoms with E-state index in [-0.39, 0.29) is 0 Å². The predicted molar refractivity (Wildman–Crippen MR) is 48.9 cm³/mol. The Kier molecular flexibility index (Phi) is 1.87. The van der Waals surface area contributed by atoms with E-state index >= 15 is 0 Å². The number of rotatable bonds is 1. The standard InChI is InChI=1S/C9H7N2S/c1-7-9(12-11-10-7)8-5-3-2-4-6-8/h2-5H,1H3. The smallest absolute Gasteiger partial charge is 0.0804 e. The van der Waals surface area contributed by atoms with E-state index in [0.717, 1.165) is 16.1 Å². The fraction of sp³-hybridized carbons (Fsp3) is 0.111. The van der Waals surface area contributed by atoms with Gasteiger partial charge in [0.15, 0.2) is 0 Å². The molecule has 0 aliphatic heterocycles. The Bertz CT molecular complexity index is 367. The quantitative estimate of drug-likeness (QED) is 0.664. The van der Waals surface area contributed by atoms with Gasteiger partial charge in [0.1, 0.15) is 0 Å². The first-order valence-electron chi connectivity index (χ1n) is 3.64. The summed E-state index contributed by atoms with van der Waals surface area (Å²) in [5.41, 5.74) is 2.05. The van der Waals surface area contributed by atoms with Crippen LogP contribution in [-0.2, 0) is 0 Å². The molecule has 0 N–H and O–H groups in total. The van der Waals surface area contributed by atoms with Crippen LogP contribution >= 0.6 is 11.5 Å². The molecule has 3 heteroatoms. The molecule has 1 aromatic carbocycles. The first-order valence-corrected chi connectivity index (χ1v) is 4.41. The lowest BCUT2D eigenvalue weighted by atomic mass is 10.2. The van der Waals surface area contributed by atoms with Crippen molar-refractivity contribution in [2.24, 2.45) is 0 Å². The maximum Gasteiger partial charge on any atom is 0.0804 e. The van der Waals surface area contributed by atoms with Gasteiger partial charge >= 0.3 is 0 Å². The molecule has 2 rings (SSSR count). The summed E-state index contributed by atoms with van der Waals surface area (Å²) in [5.74, 6) is 0. The van der Waals surface area contributed by atoms with Gasteiger partial charge in [0, 0.05) is 5.56 Å². The van der Waals surface area contributed by atoms with Gasteiger partial charge in [-0.3, -0.25) is 0 Å². The highest BCUT2D eigenvalue weighted by Gasteiger charge is 2.04. The van der Waals surface area contributed by atoms with E-state index in [2.05, 4.69) is 15.7 Å². The minimum Gasteiger partial charge on any atom is -0.143 e. The van der Waals surface area contributed by atoms with Crippen LogP contribution in [0.2, 0.25) is 0 Å². The van der Waals surface area contributed by atoms with Crippen molar-refractivity contribution in [3.8, 4) is 10.4 Å². The van der Waals surface area contributed by atoms with Crippen LogP contribution in [0.25, 0.3) is 10.4 Å². The predicted octanol–water partition coefficient (Wildman–Crippen LogP) is 2.31. The topological polar surface area (TPSA) is 25.8 Å². The normalized spacial score (nSPS) is 10.1. The molecule has 59 valence electrons. The van der Waals surface area contributed by atoms with Crippen LogP contribution in [0, 0.1) is 13.0 Å². The summed E-state index contributed by atoms with van der Waals surface area (Å²) in [6.45, 7) is 1.96. The summed E-state index contributed by atoms with van der Waals surface area (Å²) in [6, 6.07) is 11.0. The lowest BCUT2D eigenvalue weighted by Crippen LogP contribution is -1.76. The molecule has 0 fully saturated rings. The van der Waals surface area contributed by atoms with Gasteiger partial charge in [-0.2, -0.15) is 0 Å². The van der Waals surface area contributed by atoms with E-state index in [9.17, 15) is 0 Å². The Morgan fingerprint density at radius 1 is 1.42 bits per heavy atom. The summed E-state index contributed by atoms with van der Waals surface area (Å²) in [6.07, 6.45) is 0. The Labute approximate surface area is 75.0 Å². The highest BCUT2D eigenvalue weighted by molar-refractivity contribution is 7.09. The van der Waals surface area contributed by atoms with Crippen molar-refractivity contribution in [1.29, 1.82) is 0 Å². The minimum absolute atomic E-state index is 0.974. The van der Waals surface area contributed by atoms with Crippen LogP contribution in [0.15, 0.2) is 24.3 Å². The summed E-state index contributed by atoms with van der Waals surface area (Å²) >= 11 is 1.41. The second-order valence-corrected chi connectivity index (χ2v) is 3.22.